The van der Waals surface area contributed by atoms with Gasteiger partial charge in [0.1, 0.15) is 5.78 Å². The van der Waals surface area contributed by atoms with Gasteiger partial charge in [0.05, 0.1) is 6.04 Å². The predicted octanol–water partition coefficient (Wildman–Crippen LogP) is 2.42. The van der Waals surface area contributed by atoms with Crippen LogP contribution in [0.25, 0.3) is 0 Å². The van der Waals surface area contributed by atoms with Gasteiger partial charge in [-0.05, 0) is 39.7 Å². The number of carbonyl (C=O) groups is 2. The first-order chi connectivity index (χ1) is 9.11. The molecular weight excluding hydrogens is 240 g/mol. The summed E-state index contributed by atoms with van der Waals surface area (Å²) in [4.78, 5) is 22.7. The number of nitrogens with one attached hydrogen (secondary N) is 2. The lowest BCUT2D eigenvalue weighted by molar-refractivity contribution is -0.121. The summed E-state index contributed by atoms with van der Waals surface area (Å²) >= 11 is 0. The first-order valence-electron chi connectivity index (χ1n) is 7.56. The van der Waals surface area contributed by atoms with E-state index >= 15 is 0 Å². The van der Waals surface area contributed by atoms with Crippen LogP contribution < -0.4 is 10.6 Å². The molecule has 0 heterocycles. The third-order valence-corrected chi connectivity index (χ3v) is 3.34. The maximum Gasteiger partial charge on any atom is 0.219 e. The van der Waals surface area contributed by atoms with Crippen molar-refractivity contribution < 1.29 is 9.59 Å². The van der Waals surface area contributed by atoms with Crippen LogP contribution in [0.4, 0.5) is 0 Å². The van der Waals surface area contributed by atoms with Gasteiger partial charge in [-0.2, -0.15) is 0 Å². The summed E-state index contributed by atoms with van der Waals surface area (Å²) in [6.07, 6.45) is 7.94. The summed E-state index contributed by atoms with van der Waals surface area (Å²) in [6, 6.07) is -0.0373. The van der Waals surface area contributed by atoms with Gasteiger partial charge in [-0.1, -0.05) is 26.2 Å². The lowest BCUT2D eigenvalue weighted by Gasteiger charge is -2.12. The van der Waals surface area contributed by atoms with Crippen molar-refractivity contribution in [2.75, 3.05) is 13.6 Å². The molecule has 0 saturated heterocycles. The van der Waals surface area contributed by atoms with Crippen LogP contribution in [-0.2, 0) is 9.59 Å². The SMILES string of the molecule is CCCCCCC(=O)NCCCCC(NC)C(C)=O. The highest BCUT2D eigenvalue weighted by Crippen LogP contribution is 2.03. The largest absolute Gasteiger partial charge is 0.356 e. The Hall–Kier alpha value is -0.900. The first-order valence-corrected chi connectivity index (χ1v) is 7.56. The van der Waals surface area contributed by atoms with Gasteiger partial charge in [0.2, 0.25) is 5.91 Å². The van der Waals surface area contributed by atoms with Gasteiger partial charge in [0.25, 0.3) is 0 Å². The topological polar surface area (TPSA) is 58.2 Å². The number of ketones is 1. The third kappa shape index (κ3) is 10.7. The van der Waals surface area contributed by atoms with Crippen molar-refractivity contribution in [3.8, 4) is 0 Å². The molecule has 0 spiro atoms. The molecule has 0 aromatic heterocycles. The van der Waals surface area contributed by atoms with E-state index in [-0.39, 0.29) is 17.7 Å². The van der Waals surface area contributed by atoms with Crippen LogP contribution in [0.2, 0.25) is 0 Å². The minimum atomic E-state index is -0.0373. The zero-order chi connectivity index (χ0) is 14.5. The highest BCUT2D eigenvalue weighted by atomic mass is 16.1. The molecule has 1 atom stereocenters. The smallest absolute Gasteiger partial charge is 0.219 e. The fourth-order valence-corrected chi connectivity index (χ4v) is 2.05. The molecular formula is C15H30N2O2. The summed E-state index contributed by atoms with van der Waals surface area (Å²) in [7, 11) is 1.81. The fraction of sp³-hybridized carbons (Fsp3) is 0.867. The van der Waals surface area contributed by atoms with Crippen molar-refractivity contribution in [3.05, 3.63) is 0 Å². The van der Waals surface area contributed by atoms with Crippen LogP contribution in [0, 0.1) is 0 Å². The molecule has 1 amide bonds. The molecule has 2 N–H and O–H groups in total. The Morgan fingerprint density at radius 2 is 1.79 bits per heavy atom. The molecule has 4 nitrogen and oxygen atoms in total. The molecule has 0 fully saturated rings. The Morgan fingerprint density at radius 3 is 2.37 bits per heavy atom. The normalized spacial score (nSPS) is 12.2. The molecule has 0 bridgehead atoms. The fourth-order valence-electron chi connectivity index (χ4n) is 2.05. The van der Waals surface area contributed by atoms with Crippen molar-refractivity contribution >= 4 is 11.7 Å². The number of hydrogen-bond acceptors (Lipinski definition) is 3. The Morgan fingerprint density at radius 1 is 1.05 bits per heavy atom. The van der Waals surface area contributed by atoms with E-state index in [1.807, 2.05) is 7.05 Å². The van der Waals surface area contributed by atoms with Crippen molar-refractivity contribution in [1.82, 2.24) is 10.6 Å². The Balaban J connectivity index is 3.43. The number of hydrogen-bond donors (Lipinski definition) is 2. The molecule has 0 rings (SSSR count). The number of Topliss-reactive ketones (excluding diaryl/α,β-unsaturated/α-hetero) is 1. The van der Waals surface area contributed by atoms with Gasteiger partial charge in [0.15, 0.2) is 0 Å². The summed E-state index contributed by atoms with van der Waals surface area (Å²) in [5, 5.41) is 5.94. The average molecular weight is 270 g/mol. The molecule has 112 valence electrons. The molecule has 0 aliphatic heterocycles. The summed E-state index contributed by atoms with van der Waals surface area (Å²) in [5.41, 5.74) is 0. The van der Waals surface area contributed by atoms with E-state index in [9.17, 15) is 9.59 Å². The molecule has 1 unspecified atom stereocenters. The number of rotatable bonds is 12. The molecule has 19 heavy (non-hydrogen) atoms. The van der Waals surface area contributed by atoms with Crippen LogP contribution in [-0.4, -0.2) is 31.3 Å². The van der Waals surface area contributed by atoms with Crippen molar-refractivity contribution in [3.63, 3.8) is 0 Å². The van der Waals surface area contributed by atoms with E-state index in [4.69, 9.17) is 0 Å². The highest BCUT2D eigenvalue weighted by Gasteiger charge is 2.10. The van der Waals surface area contributed by atoms with Gasteiger partial charge < -0.3 is 10.6 Å². The highest BCUT2D eigenvalue weighted by molar-refractivity contribution is 5.81. The van der Waals surface area contributed by atoms with E-state index < -0.39 is 0 Å². The van der Waals surface area contributed by atoms with E-state index in [1.165, 1.54) is 12.8 Å². The number of unbranched alkanes of at least 4 members (excludes halogenated alkanes) is 4. The second-order valence-corrected chi connectivity index (χ2v) is 5.11. The van der Waals surface area contributed by atoms with Gasteiger partial charge >= 0.3 is 0 Å². The van der Waals surface area contributed by atoms with Gasteiger partial charge in [-0.3, -0.25) is 9.59 Å². The van der Waals surface area contributed by atoms with Crippen molar-refractivity contribution in [2.24, 2.45) is 0 Å². The molecule has 0 aromatic rings. The molecule has 0 aromatic carbocycles. The second-order valence-electron chi connectivity index (χ2n) is 5.11. The molecule has 0 saturated carbocycles. The zero-order valence-electron chi connectivity index (χ0n) is 12.8. The van der Waals surface area contributed by atoms with Gasteiger partial charge in [-0.25, -0.2) is 0 Å². The van der Waals surface area contributed by atoms with Crippen LogP contribution in [0.15, 0.2) is 0 Å². The standard InChI is InChI=1S/C15H30N2O2/c1-4-5-6-7-11-15(19)17-12-9-8-10-14(16-3)13(2)18/h14,16H,4-12H2,1-3H3,(H,17,19). The van der Waals surface area contributed by atoms with E-state index in [0.29, 0.717) is 6.42 Å². The number of amides is 1. The number of likely N-dealkylation sites (N-methyl/N-ethyl adjacent to an activating group) is 1. The van der Waals surface area contributed by atoms with Crippen molar-refractivity contribution in [1.29, 1.82) is 0 Å². The van der Waals surface area contributed by atoms with Gasteiger partial charge in [0, 0.05) is 13.0 Å². The zero-order valence-corrected chi connectivity index (χ0v) is 12.8. The second kappa shape index (κ2) is 12.2. The quantitative estimate of drug-likeness (QED) is 0.535. The van der Waals surface area contributed by atoms with Crippen LogP contribution in [0.1, 0.15) is 65.2 Å². The van der Waals surface area contributed by atoms with Crippen LogP contribution in [0.3, 0.4) is 0 Å². The summed E-state index contributed by atoms with van der Waals surface area (Å²) in [6.45, 7) is 4.50. The van der Waals surface area contributed by atoms with Crippen LogP contribution >= 0.6 is 0 Å². The number of carbonyl (C=O) groups excluding carboxylic acids is 2. The van der Waals surface area contributed by atoms with Crippen LogP contribution in [0.5, 0.6) is 0 Å². The summed E-state index contributed by atoms with van der Waals surface area (Å²) in [5.74, 6) is 0.343. The predicted molar refractivity (Wildman–Crippen MR) is 79.1 cm³/mol. The Kier molecular flexibility index (Phi) is 11.6. The Labute approximate surface area is 117 Å². The lowest BCUT2D eigenvalue weighted by Crippen LogP contribution is -2.32. The average Bonchev–Trinajstić information content (AvgIpc) is 2.38. The van der Waals surface area contributed by atoms with Crippen molar-refractivity contribution in [2.45, 2.75) is 71.3 Å². The minimum Gasteiger partial charge on any atom is -0.356 e. The molecule has 0 radical (unpaired) electrons. The third-order valence-electron chi connectivity index (χ3n) is 3.34. The van der Waals surface area contributed by atoms with E-state index in [2.05, 4.69) is 17.6 Å². The Bertz CT molecular complexity index is 255. The van der Waals surface area contributed by atoms with E-state index in [0.717, 1.165) is 38.6 Å². The summed E-state index contributed by atoms with van der Waals surface area (Å²) < 4.78 is 0. The maximum atomic E-state index is 11.5. The molecule has 0 aliphatic carbocycles. The minimum absolute atomic E-state index is 0.0373. The monoisotopic (exact) mass is 270 g/mol. The van der Waals surface area contributed by atoms with Gasteiger partial charge in [-0.15, -0.1) is 0 Å². The first kappa shape index (κ1) is 18.1. The maximum absolute atomic E-state index is 11.5. The molecule has 4 heteroatoms. The lowest BCUT2D eigenvalue weighted by atomic mass is 10.1. The molecule has 0 aliphatic rings. The van der Waals surface area contributed by atoms with E-state index in [1.54, 1.807) is 6.92 Å².